The summed E-state index contributed by atoms with van der Waals surface area (Å²) in [6, 6.07) is 16.2. The number of benzene rings is 3. The normalized spacial score (nSPS) is 11.9. The van der Waals surface area contributed by atoms with Crippen molar-refractivity contribution < 1.29 is 8.42 Å². The Morgan fingerprint density at radius 2 is 1.60 bits per heavy atom. The van der Waals surface area contributed by atoms with Gasteiger partial charge in [0.15, 0.2) is 0 Å². The third kappa shape index (κ3) is 3.54. The summed E-state index contributed by atoms with van der Waals surface area (Å²) in [5, 5.41) is 8.86. The first kappa shape index (κ1) is 20.7. The Morgan fingerprint density at radius 1 is 0.967 bits per heavy atom. The molecule has 4 rings (SSSR count). The first-order valence-corrected chi connectivity index (χ1v) is 11.3. The molecule has 4 aromatic rings. The number of fused-ring (bicyclic) bond motifs is 1. The molecule has 9 heteroatoms. The summed E-state index contributed by atoms with van der Waals surface area (Å²) in [7, 11) is -3.91. The van der Waals surface area contributed by atoms with Crippen molar-refractivity contribution in [2.24, 2.45) is 5.14 Å². The van der Waals surface area contributed by atoms with E-state index in [-0.39, 0.29) is 20.5 Å². The summed E-state index contributed by atoms with van der Waals surface area (Å²) in [5.41, 5.74) is 2.74. The molecule has 0 saturated carbocycles. The molecule has 3 N–H and O–H groups in total. The molecule has 0 amide bonds. The van der Waals surface area contributed by atoms with Gasteiger partial charge in [-0.05, 0) is 30.2 Å². The minimum absolute atomic E-state index is 0.0553. The van der Waals surface area contributed by atoms with Crippen LogP contribution in [-0.4, -0.2) is 18.2 Å². The Hall–Kier alpha value is -2.58. The molecule has 0 aliphatic carbocycles. The van der Waals surface area contributed by atoms with E-state index in [0.717, 1.165) is 5.56 Å². The molecule has 0 unspecified atom stereocenters. The van der Waals surface area contributed by atoms with Crippen molar-refractivity contribution in [2.45, 2.75) is 18.4 Å². The van der Waals surface area contributed by atoms with Crippen molar-refractivity contribution in [2.75, 3.05) is 0 Å². The number of aromatic nitrogens is 2. The van der Waals surface area contributed by atoms with Crippen molar-refractivity contribution >= 4 is 44.1 Å². The van der Waals surface area contributed by atoms with Crippen LogP contribution in [0.1, 0.15) is 11.1 Å². The summed E-state index contributed by atoms with van der Waals surface area (Å²) in [6.07, 6.45) is 0. The van der Waals surface area contributed by atoms with Crippen molar-refractivity contribution in [3.63, 3.8) is 0 Å². The second kappa shape index (κ2) is 7.59. The van der Waals surface area contributed by atoms with Crippen molar-refractivity contribution in [3.05, 3.63) is 86.1 Å². The average molecular weight is 462 g/mol. The number of hydrogen-bond donors (Lipinski definition) is 2. The average Bonchev–Trinajstić information content (AvgIpc) is 3.00. The van der Waals surface area contributed by atoms with Crippen LogP contribution in [0.3, 0.4) is 0 Å². The zero-order chi connectivity index (χ0) is 21.6. The van der Waals surface area contributed by atoms with Gasteiger partial charge >= 0.3 is 0 Å². The molecular formula is C21H17Cl2N3O3S. The van der Waals surface area contributed by atoms with E-state index in [0.29, 0.717) is 34.1 Å². The number of nitrogens with one attached hydrogen (secondary N) is 1. The number of nitrogens with zero attached hydrogens (tertiary/aromatic N) is 1. The van der Waals surface area contributed by atoms with Crippen LogP contribution < -0.4 is 10.7 Å². The molecule has 30 heavy (non-hydrogen) atoms. The second-order valence-electron chi connectivity index (χ2n) is 6.93. The highest BCUT2D eigenvalue weighted by Gasteiger charge is 2.20. The van der Waals surface area contributed by atoms with Crippen LogP contribution >= 0.6 is 23.2 Å². The van der Waals surface area contributed by atoms with Crippen LogP contribution in [0.5, 0.6) is 0 Å². The maximum atomic E-state index is 12.6. The Labute approximate surface area is 182 Å². The molecule has 0 saturated heterocycles. The summed E-state index contributed by atoms with van der Waals surface area (Å²) in [5.74, 6) is 0. The lowest BCUT2D eigenvalue weighted by Crippen LogP contribution is -2.13. The Bertz CT molecular complexity index is 1440. The van der Waals surface area contributed by atoms with Gasteiger partial charge in [-0.3, -0.25) is 14.6 Å². The second-order valence-corrected chi connectivity index (χ2v) is 9.21. The molecule has 0 aliphatic heterocycles. The molecule has 3 aromatic carbocycles. The van der Waals surface area contributed by atoms with Crippen LogP contribution in [0.2, 0.25) is 10.0 Å². The molecule has 6 nitrogen and oxygen atoms in total. The van der Waals surface area contributed by atoms with Crippen molar-refractivity contribution in [1.29, 1.82) is 0 Å². The van der Waals surface area contributed by atoms with Gasteiger partial charge in [0.25, 0.3) is 5.56 Å². The zero-order valence-electron chi connectivity index (χ0n) is 15.8. The monoisotopic (exact) mass is 461 g/mol. The number of hydrogen-bond acceptors (Lipinski definition) is 3. The Morgan fingerprint density at radius 3 is 2.27 bits per heavy atom. The van der Waals surface area contributed by atoms with Gasteiger partial charge < -0.3 is 0 Å². The lowest BCUT2D eigenvalue weighted by Gasteiger charge is -2.13. The van der Waals surface area contributed by atoms with E-state index in [9.17, 15) is 13.2 Å². The summed E-state index contributed by atoms with van der Waals surface area (Å²) in [6.45, 7) is 2.05. The summed E-state index contributed by atoms with van der Waals surface area (Å²) in [4.78, 5) is 12.6. The number of sulfonamides is 1. The fraction of sp³-hybridized carbons (Fsp3) is 0.0952. The molecule has 0 atom stereocenters. The van der Waals surface area contributed by atoms with Gasteiger partial charge in [0.2, 0.25) is 10.0 Å². The third-order valence-corrected chi connectivity index (χ3v) is 6.93. The van der Waals surface area contributed by atoms with E-state index < -0.39 is 10.0 Å². The van der Waals surface area contributed by atoms with Crippen LogP contribution in [0.25, 0.3) is 22.0 Å². The number of rotatable bonds is 4. The van der Waals surface area contributed by atoms with Crippen LogP contribution in [0.15, 0.2) is 64.3 Å². The third-order valence-electron chi connectivity index (χ3n) is 4.99. The van der Waals surface area contributed by atoms with Crippen LogP contribution in [0, 0.1) is 6.92 Å². The lowest BCUT2D eigenvalue weighted by molar-refractivity contribution is 0.597. The molecule has 0 aliphatic rings. The van der Waals surface area contributed by atoms with Gasteiger partial charge in [-0.25, -0.2) is 13.6 Å². The molecule has 1 heterocycles. The van der Waals surface area contributed by atoms with E-state index >= 15 is 0 Å². The fourth-order valence-corrected chi connectivity index (χ4v) is 4.98. The maximum absolute atomic E-state index is 12.6. The Kier molecular flexibility index (Phi) is 5.23. The summed E-state index contributed by atoms with van der Waals surface area (Å²) < 4.78 is 25.2. The van der Waals surface area contributed by atoms with E-state index in [1.54, 1.807) is 23.7 Å². The van der Waals surface area contributed by atoms with Gasteiger partial charge in [-0.15, -0.1) is 0 Å². The highest BCUT2D eigenvalue weighted by Crippen LogP contribution is 2.39. The number of nitrogens with two attached hydrogens (primary N) is 1. The summed E-state index contributed by atoms with van der Waals surface area (Å²) >= 11 is 13.1. The van der Waals surface area contributed by atoms with Gasteiger partial charge in [0.05, 0.1) is 32.4 Å². The molecule has 1 aromatic heterocycles. The van der Waals surface area contributed by atoms with Gasteiger partial charge in [0.1, 0.15) is 0 Å². The first-order valence-electron chi connectivity index (χ1n) is 8.95. The van der Waals surface area contributed by atoms with Gasteiger partial charge in [-0.2, -0.15) is 0 Å². The van der Waals surface area contributed by atoms with E-state index in [1.807, 2.05) is 30.3 Å². The highest BCUT2D eigenvalue weighted by molar-refractivity contribution is 7.89. The van der Waals surface area contributed by atoms with E-state index in [1.165, 1.54) is 12.1 Å². The molecule has 0 fully saturated rings. The number of halogens is 2. The van der Waals surface area contributed by atoms with Crippen LogP contribution in [0.4, 0.5) is 0 Å². The van der Waals surface area contributed by atoms with Crippen molar-refractivity contribution in [3.8, 4) is 11.1 Å². The number of aromatic amines is 1. The zero-order valence-corrected chi connectivity index (χ0v) is 18.1. The first-order chi connectivity index (χ1) is 14.2. The van der Waals surface area contributed by atoms with Crippen LogP contribution in [-0.2, 0) is 16.6 Å². The maximum Gasteiger partial charge on any atom is 0.273 e. The Balaban J connectivity index is 1.87. The quantitative estimate of drug-likeness (QED) is 0.473. The number of primary sulfonamides is 1. The molecule has 0 spiro atoms. The van der Waals surface area contributed by atoms with E-state index in [2.05, 4.69) is 5.10 Å². The van der Waals surface area contributed by atoms with E-state index in [4.69, 9.17) is 28.3 Å². The van der Waals surface area contributed by atoms with Gasteiger partial charge in [-0.1, -0.05) is 65.7 Å². The molecule has 154 valence electrons. The fourth-order valence-electron chi connectivity index (χ4n) is 3.53. The minimum Gasteiger partial charge on any atom is -0.280 e. The standard InChI is InChI=1S/C21H17Cl2N3O3S/c1-12-17(30(24,28)29)10-8-14(19(12)22)15-7-9-16-18(20(15)23)21(27)25-26(16)11-13-5-3-2-4-6-13/h2-10H,11H2,1H3,(H,25,27)(H2,24,28,29). The smallest absolute Gasteiger partial charge is 0.273 e. The largest absolute Gasteiger partial charge is 0.280 e. The SMILES string of the molecule is Cc1c(S(N)(=O)=O)ccc(-c2ccc3c(c2Cl)c(=O)[nH]n3Cc2ccccc2)c1Cl. The number of H-pyrrole nitrogens is 1. The minimum atomic E-state index is -3.91. The van der Waals surface area contributed by atoms with Crippen molar-refractivity contribution in [1.82, 2.24) is 9.78 Å². The predicted octanol–water partition coefficient (Wildman–Crippen LogP) is 4.31. The molecule has 0 bridgehead atoms. The topological polar surface area (TPSA) is 98.0 Å². The predicted molar refractivity (Wildman–Crippen MR) is 120 cm³/mol. The highest BCUT2D eigenvalue weighted by atomic mass is 35.5. The molecule has 0 radical (unpaired) electrons. The van der Waals surface area contributed by atoms with Gasteiger partial charge in [0, 0.05) is 11.1 Å². The molecular weight excluding hydrogens is 445 g/mol. The lowest BCUT2D eigenvalue weighted by atomic mass is 10.0.